The molecule has 3 aromatic carbocycles. The zero-order valence-electron chi connectivity index (χ0n) is 15.7. The summed E-state index contributed by atoms with van der Waals surface area (Å²) in [6.45, 7) is 2.00. The van der Waals surface area contributed by atoms with Gasteiger partial charge in [-0.25, -0.2) is 0 Å². The third-order valence-electron chi connectivity index (χ3n) is 4.18. The molecule has 7 nitrogen and oxygen atoms in total. The van der Waals surface area contributed by atoms with Crippen LogP contribution in [0.15, 0.2) is 78.9 Å². The topological polar surface area (TPSA) is 95.1 Å². The lowest BCUT2D eigenvalue weighted by molar-refractivity contribution is 0.0947. The van der Waals surface area contributed by atoms with Crippen LogP contribution in [0.1, 0.15) is 15.9 Å². The van der Waals surface area contributed by atoms with Gasteiger partial charge in [-0.1, -0.05) is 42.0 Å². The fraction of sp³-hybridized carbons (Fsp3) is 0.0455. The largest absolute Gasteiger partial charge is 0.457 e. The van der Waals surface area contributed by atoms with Crippen molar-refractivity contribution in [3.8, 4) is 11.5 Å². The Balaban J connectivity index is 1.60. The molecule has 0 aliphatic heterocycles. The van der Waals surface area contributed by atoms with Gasteiger partial charge < -0.3 is 15.8 Å². The van der Waals surface area contributed by atoms with Crippen LogP contribution in [0.25, 0.3) is 0 Å². The van der Waals surface area contributed by atoms with Gasteiger partial charge in [-0.15, -0.1) is 5.10 Å². The Morgan fingerprint density at radius 2 is 1.69 bits per heavy atom. The number of aryl methyl sites for hydroxylation is 1. The van der Waals surface area contributed by atoms with E-state index in [1.165, 1.54) is 0 Å². The Morgan fingerprint density at radius 1 is 0.966 bits per heavy atom. The quantitative estimate of drug-likeness (QED) is 0.529. The van der Waals surface area contributed by atoms with Crippen molar-refractivity contribution in [3.63, 3.8) is 0 Å². The number of hydrogen-bond acceptors (Lipinski definition) is 6. The van der Waals surface area contributed by atoms with E-state index in [4.69, 9.17) is 10.5 Å². The second kappa shape index (κ2) is 7.85. The zero-order valence-corrected chi connectivity index (χ0v) is 15.7. The Kier molecular flexibility index (Phi) is 4.94. The van der Waals surface area contributed by atoms with Crippen LogP contribution in [-0.2, 0) is 0 Å². The van der Waals surface area contributed by atoms with Crippen molar-refractivity contribution < 1.29 is 9.53 Å². The van der Waals surface area contributed by atoms with Gasteiger partial charge in [0.1, 0.15) is 11.5 Å². The van der Waals surface area contributed by atoms with E-state index in [1.54, 1.807) is 24.3 Å². The highest BCUT2D eigenvalue weighted by Gasteiger charge is 2.18. The minimum absolute atomic E-state index is 0.00431. The fourth-order valence-electron chi connectivity index (χ4n) is 2.76. The number of aromatic nitrogens is 3. The van der Waals surface area contributed by atoms with Gasteiger partial charge in [0.25, 0.3) is 5.91 Å². The van der Waals surface area contributed by atoms with Crippen LogP contribution >= 0.6 is 0 Å². The first kappa shape index (κ1) is 18.2. The van der Waals surface area contributed by atoms with Gasteiger partial charge >= 0.3 is 0 Å². The maximum absolute atomic E-state index is 13.0. The smallest absolute Gasteiger partial charge is 0.281 e. The average molecular weight is 385 g/mol. The molecule has 1 aromatic heterocycles. The lowest BCUT2D eigenvalue weighted by Gasteiger charge is -2.09. The number of nitrogens with two attached hydrogens (primary N) is 1. The highest BCUT2D eigenvalue weighted by molar-refractivity contribution is 5.97. The average Bonchev–Trinajstić information content (AvgIpc) is 3.10. The van der Waals surface area contributed by atoms with Crippen LogP contribution in [-0.4, -0.2) is 20.7 Å². The van der Waals surface area contributed by atoms with Crippen molar-refractivity contribution in [1.82, 2.24) is 14.8 Å². The predicted octanol–water partition coefficient (Wildman–Crippen LogP) is 4.39. The first-order valence-electron chi connectivity index (χ1n) is 9.02. The number of ether oxygens (including phenoxy) is 1. The van der Waals surface area contributed by atoms with Crippen LogP contribution in [0, 0.1) is 6.92 Å². The number of rotatable bonds is 5. The SMILES string of the molecule is Cc1ccc(Nc2nc(N)nn2C(=O)c2cccc(Oc3ccccc3)c2)cc1. The molecule has 0 atom stereocenters. The summed E-state index contributed by atoms with van der Waals surface area (Å²) in [6.07, 6.45) is 0. The molecule has 3 N–H and O–H groups in total. The van der Waals surface area contributed by atoms with E-state index in [0.717, 1.165) is 15.9 Å². The third-order valence-corrected chi connectivity index (χ3v) is 4.18. The van der Waals surface area contributed by atoms with Crippen molar-refractivity contribution >= 4 is 23.5 Å². The second-order valence-electron chi connectivity index (χ2n) is 6.44. The van der Waals surface area contributed by atoms with Crippen molar-refractivity contribution in [2.75, 3.05) is 11.1 Å². The lowest BCUT2D eigenvalue weighted by atomic mass is 10.2. The highest BCUT2D eigenvalue weighted by Crippen LogP contribution is 2.23. The summed E-state index contributed by atoms with van der Waals surface area (Å²) in [6, 6.07) is 23.9. The molecule has 7 heteroatoms. The summed E-state index contributed by atoms with van der Waals surface area (Å²) in [5, 5.41) is 7.13. The van der Waals surface area contributed by atoms with Gasteiger partial charge in [0, 0.05) is 11.3 Å². The standard InChI is InChI=1S/C22H19N5O2/c1-15-10-12-17(13-11-15)24-22-25-21(23)26-27(22)20(28)16-6-5-9-19(14-16)29-18-7-3-2-4-8-18/h2-14H,1H3,(H3,23,24,25,26). The number of carbonyl (C=O) groups is 1. The monoisotopic (exact) mass is 385 g/mol. The van der Waals surface area contributed by atoms with Gasteiger partial charge in [-0.2, -0.15) is 9.67 Å². The van der Waals surface area contributed by atoms with Gasteiger partial charge in [-0.3, -0.25) is 4.79 Å². The normalized spacial score (nSPS) is 10.5. The summed E-state index contributed by atoms with van der Waals surface area (Å²) in [5.74, 6) is 1.10. The summed E-state index contributed by atoms with van der Waals surface area (Å²) < 4.78 is 6.96. The van der Waals surface area contributed by atoms with Crippen LogP contribution in [0.3, 0.4) is 0 Å². The molecular formula is C22H19N5O2. The lowest BCUT2D eigenvalue weighted by Crippen LogP contribution is -2.16. The predicted molar refractivity (Wildman–Crippen MR) is 112 cm³/mol. The number of hydrogen-bond donors (Lipinski definition) is 2. The van der Waals surface area contributed by atoms with Crippen LogP contribution < -0.4 is 15.8 Å². The number of anilines is 3. The highest BCUT2D eigenvalue weighted by atomic mass is 16.5. The summed E-state index contributed by atoms with van der Waals surface area (Å²) in [5.41, 5.74) is 8.05. The van der Waals surface area contributed by atoms with E-state index < -0.39 is 0 Å². The summed E-state index contributed by atoms with van der Waals surface area (Å²) in [4.78, 5) is 17.2. The van der Waals surface area contributed by atoms with Gasteiger partial charge in [0.05, 0.1) is 0 Å². The first-order chi connectivity index (χ1) is 14.1. The van der Waals surface area contributed by atoms with Gasteiger partial charge in [-0.05, 0) is 49.4 Å². The molecule has 0 bridgehead atoms. The first-order valence-corrected chi connectivity index (χ1v) is 9.02. The molecule has 0 saturated heterocycles. The number of para-hydroxylation sites is 1. The molecule has 0 aliphatic rings. The maximum Gasteiger partial charge on any atom is 0.281 e. The Morgan fingerprint density at radius 3 is 2.45 bits per heavy atom. The number of nitrogens with zero attached hydrogens (tertiary/aromatic N) is 3. The van der Waals surface area contributed by atoms with Crippen LogP contribution in [0.5, 0.6) is 11.5 Å². The molecule has 29 heavy (non-hydrogen) atoms. The third kappa shape index (κ3) is 4.24. The van der Waals surface area contributed by atoms with E-state index in [2.05, 4.69) is 15.4 Å². The minimum Gasteiger partial charge on any atom is -0.457 e. The number of carbonyl (C=O) groups excluding carboxylic acids is 1. The maximum atomic E-state index is 13.0. The second-order valence-corrected chi connectivity index (χ2v) is 6.44. The molecule has 4 rings (SSSR count). The van der Waals surface area contributed by atoms with Gasteiger partial charge in [0.2, 0.25) is 11.9 Å². The molecule has 0 fully saturated rings. The van der Waals surface area contributed by atoms with Crippen LogP contribution in [0.2, 0.25) is 0 Å². The summed E-state index contributed by atoms with van der Waals surface area (Å²) >= 11 is 0. The number of nitrogens with one attached hydrogen (secondary N) is 1. The van der Waals surface area contributed by atoms with E-state index in [9.17, 15) is 4.79 Å². The van der Waals surface area contributed by atoms with Crippen LogP contribution in [0.4, 0.5) is 17.6 Å². The molecule has 4 aromatic rings. The molecule has 0 unspecified atom stereocenters. The Hall–Kier alpha value is -4.13. The summed E-state index contributed by atoms with van der Waals surface area (Å²) in [7, 11) is 0. The van der Waals surface area contributed by atoms with E-state index in [-0.39, 0.29) is 17.8 Å². The van der Waals surface area contributed by atoms with E-state index >= 15 is 0 Å². The molecule has 0 amide bonds. The number of benzene rings is 3. The van der Waals surface area contributed by atoms with Crippen molar-refractivity contribution in [2.24, 2.45) is 0 Å². The molecule has 144 valence electrons. The molecule has 0 aliphatic carbocycles. The Bertz CT molecular complexity index is 1140. The van der Waals surface area contributed by atoms with Crippen molar-refractivity contribution in [1.29, 1.82) is 0 Å². The molecule has 0 radical (unpaired) electrons. The zero-order chi connectivity index (χ0) is 20.2. The Labute approximate surface area is 167 Å². The fourth-order valence-corrected chi connectivity index (χ4v) is 2.76. The van der Waals surface area contributed by atoms with Crippen molar-refractivity contribution in [2.45, 2.75) is 6.92 Å². The van der Waals surface area contributed by atoms with E-state index in [0.29, 0.717) is 17.1 Å². The number of nitrogen functional groups attached to an aromatic ring is 1. The van der Waals surface area contributed by atoms with E-state index in [1.807, 2.05) is 61.5 Å². The molecular weight excluding hydrogens is 366 g/mol. The molecule has 0 spiro atoms. The molecule has 0 saturated carbocycles. The minimum atomic E-state index is -0.373. The van der Waals surface area contributed by atoms with Crippen molar-refractivity contribution in [3.05, 3.63) is 90.0 Å². The molecule has 1 heterocycles. The van der Waals surface area contributed by atoms with Gasteiger partial charge in [0.15, 0.2) is 0 Å².